The quantitative estimate of drug-likeness (QED) is 0.489. The molecule has 98 valence electrons. The van der Waals surface area contributed by atoms with E-state index in [1.54, 1.807) is 6.20 Å². The number of aldehydes is 1. The van der Waals surface area contributed by atoms with Gasteiger partial charge in [-0.25, -0.2) is 0 Å². The molecule has 0 saturated heterocycles. The molecule has 0 aliphatic rings. The van der Waals surface area contributed by atoms with Crippen LogP contribution in [0.3, 0.4) is 0 Å². The van der Waals surface area contributed by atoms with Gasteiger partial charge in [-0.15, -0.1) is 0 Å². The smallest absolute Gasteiger partial charge is 0.339 e. The molecular formula is C10H8BrCl3NO2P. The number of carbonyl (C=O) groups is 1. The highest BCUT2D eigenvalue weighted by Crippen LogP contribution is 2.61. The van der Waals surface area contributed by atoms with Crippen LogP contribution in [0.25, 0.3) is 10.9 Å². The fraction of sp³-hybridized carbons (Fsp3) is 0.100. The minimum Gasteiger partial charge on any atom is -0.360 e. The molecule has 0 fully saturated rings. The average molecular weight is 391 g/mol. The summed E-state index contributed by atoms with van der Waals surface area (Å²) in [6.07, 6.45) is 2.59. The number of nitrogens with one attached hydrogen (secondary N) is 1. The zero-order valence-electron chi connectivity index (χ0n) is 9.08. The Bertz CT molecular complexity index is 615. The van der Waals surface area contributed by atoms with E-state index in [0.717, 1.165) is 27.2 Å². The Hall–Kier alpha value is 0.0100. The van der Waals surface area contributed by atoms with E-state index in [9.17, 15) is 9.36 Å². The first-order valence-corrected chi connectivity index (χ1v) is 9.85. The summed E-state index contributed by atoms with van der Waals surface area (Å²) in [6, 6.07) is 3.98. The van der Waals surface area contributed by atoms with Crippen molar-refractivity contribution in [1.29, 1.82) is 0 Å². The molecule has 0 bridgehead atoms. The summed E-state index contributed by atoms with van der Waals surface area (Å²) in [5.41, 5.74) is 2.87. The Morgan fingerprint density at radius 2 is 1.89 bits per heavy atom. The number of aromatic nitrogens is 1. The number of benzene rings is 1. The predicted molar refractivity (Wildman–Crippen MR) is 81.3 cm³/mol. The molecule has 2 rings (SSSR count). The molecule has 0 radical (unpaired) electrons. The Kier molecular flexibility index (Phi) is 5.75. The fourth-order valence-corrected chi connectivity index (χ4v) is 1.71. The van der Waals surface area contributed by atoms with E-state index >= 15 is 0 Å². The van der Waals surface area contributed by atoms with Gasteiger partial charge in [-0.05, 0) is 58.3 Å². The van der Waals surface area contributed by atoms with Crippen molar-refractivity contribution >= 4 is 72.0 Å². The summed E-state index contributed by atoms with van der Waals surface area (Å²) >= 11 is 17.3. The van der Waals surface area contributed by atoms with E-state index in [-0.39, 0.29) is 0 Å². The number of rotatable bonds is 1. The molecule has 0 unspecified atom stereocenters. The normalized spacial score (nSPS) is 10.9. The number of halogens is 4. The van der Waals surface area contributed by atoms with Crippen molar-refractivity contribution in [2.75, 3.05) is 0 Å². The van der Waals surface area contributed by atoms with Gasteiger partial charge in [0.25, 0.3) is 0 Å². The lowest BCUT2D eigenvalue weighted by molar-refractivity contribution is 0.112. The predicted octanol–water partition coefficient (Wildman–Crippen LogP) is 5.86. The van der Waals surface area contributed by atoms with Crippen molar-refractivity contribution in [2.45, 2.75) is 6.92 Å². The van der Waals surface area contributed by atoms with Crippen LogP contribution in [0, 0.1) is 6.92 Å². The van der Waals surface area contributed by atoms with Crippen LogP contribution in [0.1, 0.15) is 15.9 Å². The minimum absolute atomic E-state index is 0.704. The van der Waals surface area contributed by atoms with Gasteiger partial charge in [0.1, 0.15) is 0 Å². The summed E-state index contributed by atoms with van der Waals surface area (Å²) in [6.45, 7) is 2.02. The molecule has 3 nitrogen and oxygen atoms in total. The lowest BCUT2D eigenvalue weighted by atomic mass is 10.1. The maximum Gasteiger partial charge on any atom is 0.339 e. The Labute approximate surface area is 127 Å². The number of aromatic amines is 1. The van der Waals surface area contributed by atoms with Crippen LogP contribution < -0.4 is 0 Å². The highest BCUT2D eigenvalue weighted by molar-refractivity contribution is 9.10. The number of carbonyl (C=O) groups excluding carboxylic acids is 1. The summed E-state index contributed by atoms with van der Waals surface area (Å²) < 4.78 is 10.5. The Balaban J connectivity index is 0.000000280. The van der Waals surface area contributed by atoms with Crippen molar-refractivity contribution in [3.63, 3.8) is 0 Å². The van der Waals surface area contributed by atoms with E-state index in [1.165, 1.54) is 0 Å². The third-order valence-corrected chi connectivity index (χ3v) is 2.97. The molecule has 0 saturated carbocycles. The van der Waals surface area contributed by atoms with Crippen molar-refractivity contribution in [3.05, 3.63) is 33.9 Å². The Morgan fingerprint density at radius 3 is 2.39 bits per heavy atom. The average Bonchev–Trinajstić information content (AvgIpc) is 2.58. The molecule has 0 amide bonds. The number of aryl methyl sites for hydroxylation is 1. The monoisotopic (exact) mass is 389 g/mol. The van der Waals surface area contributed by atoms with Gasteiger partial charge in [-0.2, -0.15) is 0 Å². The molecule has 1 heterocycles. The maximum atomic E-state index is 10.6. The van der Waals surface area contributed by atoms with Crippen LogP contribution in [0.15, 0.2) is 22.8 Å². The van der Waals surface area contributed by atoms with E-state index in [4.69, 9.17) is 0 Å². The first-order valence-electron chi connectivity index (χ1n) is 4.64. The highest BCUT2D eigenvalue weighted by Gasteiger charge is 2.04. The third-order valence-electron chi connectivity index (χ3n) is 2.12. The number of hydrogen-bond donors (Lipinski definition) is 1. The van der Waals surface area contributed by atoms with Crippen molar-refractivity contribution < 1.29 is 9.36 Å². The first-order chi connectivity index (χ1) is 8.22. The number of H-pyrrole nitrogens is 1. The van der Waals surface area contributed by atoms with Gasteiger partial charge in [0.05, 0.1) is 0 Å². The van der Waals surface area contributed by atoms with Crippen LogP contribution in [-0.2, 0) is 4.57 Å². The zero-order valence-corrected chi connectivity index (χ0v) is 13.8. The SMILES string of the molecule is Cc1cc2[nH]cc(C=O)c2cc1Br.O=P(Cl)(Cl)Cl. The first kappa shape index (κ1) is 16.1. The summed E-state index contributed by atoms with van der Waals surface area (Å²) in [5, 5.41) is -2.26. The second kappa shape index (κ2) is 6.44. The second-order valence-electron chi connectivity index (χ2n) is 3.41. The number of hydrogen-bond acceptors (Lipinski definition) is 2. The van der Waals surface area contributed by atoms with Crippen LogP contribution >= 0.6 is 54.9 Å². The molecule has 1 aromatic heterocycles. The molecule has 2 aromatic rings. The van der Waals surface area contributed by atoms with Crippen LogP contribution in [0.2, 0.25) is 0 Å². The number of fused-ring (bicyclic) bond motifs is 1. The third kappa shape index (κ3) is 4.94. The molecule has 0 aliphatic heterocycles. The lowest BCUT2D eigenvalue weighted by Crippen LogP contribution is -1.78. The van der Waals surface area contributed by atoms with E-state index in [1.807, 2.05) is 19.1 Å². The van der Waals surface area contributed by atoms with Crippen molar-refractivity contribution in [3.8, 4) is 0 Å². The molecule has 1 aromatic carbocycles. The molecule has 8 heteroatoms. The summed E-state index contributed by atoms with van der Waals surface area (Å²) in [7, 11) is 0. The molecule has 0 aliphatic carbocycles. The fourth-order valence-electron chi connectivity index (χ4n) is 1.37. The second-order valence-corrected chi connectivity index (χ2v) is 10.9. The molecule has 0 spiro atoms. The van der Waals surface area contributed by atoms with Gasteiger partial charge in [-0.1, -0.05) is 15.9 Å². The molecule has 0 atom stereocenters. The Morgan fingerprint density at radius 1 is 1.33 bits per heavy atom. The topological polar surface area (TPSA) is 49.9 Å². The molecular weight excluding hydrogens is 383 g/mol. The van der Waals surface area contributed by atoms with E-state index < -0.39 is 5.20 Å². The van der Waals surface area contributed by atoms with Gasteiger partial charge in [0.15, 0.2) is 6.29 Å². The van der Waals surface area contributed by atoms with Gasteiger partial charge < -0.3 is 4.98 Å². The van der Waals surface area contributed by atoms with Crippen LogP contribution in [0.5, 0.6) is 0 Å². The van der Waals surface area contributed by atoms with E-state index in [2.05, 4.69) is 54.6 Å². The highest BCUT2D eigenvalue weighted by atomic mass is 79.9. The molecule has 18 heavy (non-hydrogen) atoms. The van der Waals surface area contributed by atoms with Crippen molar-refractivity contribution in [2.24, 2.45) is 0 Å². The maximum absolute atomic E-state index is 10.6. The summed E-state index contributed by atoms with van der Waals surface area (Å²) in [5.74, 6) is 0. The lowest BCUT2D eigenvalue weighted by Gasteiger charge is -1.97. The summed E-state index contributed by atoms with van der Waals surface area (Å²) in [4.78, 5) is 13.7. The standard InChI is InChI=1S/C10H8BrNO.Cl3OP/c1-6-2-10-8(3-9(6)11)7(5-13)4-12-10;1-5(2,3)4/h2-5,12H,1H3;. The van der Waals surface area contributed by atoms with Gasteiger partial charge in [-0.3, -0.25) is 9.36 Å². The molecule has 1 N–H and O–H groups in total. The van der Waals surface area contributed by atoms with Gasteiger partial charge >= 0.3 is 5.20 Å². The largest absolute Gasteiger partial charge is 0.360 e. The van der Waals surface area contributed by atoms with Crippen LogP contribution in [0.4, 0.5) is 0 Å². The minimum atomic E-state index is -3.22. The zero-order chi connectivity index (χ0) is 13.9. The van der Waals surface area contributed by atoms with Gasteiger partial charge in [0.2, 0.25) is 0 Å². The van der Waals surface area contributed by atoms with Gasteiger partial charge in [0, 0.05) is 27.1 Å². The van der Waals surface area contributed by atoms with Crippen LogP contribution in [-0.4, -0.2) is 11.3 Å². The van der Waals surface area contributed by atoms with Crippen molar-refractivity contribution in [1.82, 2.24) is 4.98 Å². The van der Waals surface area contributed by atoms with E-state index in [0.29, 0.717) is 5.56 Å².